The van der Waals surface area contributed by atoms with Crippen LogP contribution in [0.1, 0.15) is 19.3 Å². The largest absolute Gasteiger partial charge is 0.317 e. The number of piperidine rings is 1. The summed E-state index contributed by atoms with van der Waals surface area (Å²) in [5, 5.41) is 3.41. The van der Waals surface area contributed by atoms with E-state index in [4.69, 9.17) is 0 Å². The van der Waals surface area contributed by atoms with Gasteiger partial charge >= 0.3 is 0 Å². The summed E-state index contributed by atoms with van der Waals surface area (Å²) >= 11 is 4.28. The molecule has 2 nitrogen and oxygen atoms in total. The molecule has 0 saturated carbocycles. The van der Waals surface area contributed by atoms with Crippen molar-refractivity contribution in [1.29, 1.82) is 0 Å². The Morgan fingerprint density at radius 3 is 2.42 bits per heavy atom. The molecule has 2 aliphatic heterocycles. The van der Waals surface area contributed by atoms with E-state index in [1.807, 2.05) is 0 Å². The van der Waals surface area contributed by atoms with Crippen LogP contribution >= 0.6 is 12.8 Å². The minimum atomic E-state index is 0.950. The van der Waals surface area contributed by atoms with Crippen molar-refractivity contribution in [3.63, 3.8) is 0 Å². The number of hydrogen-bond donors (Lipinski definition) is 2. The van der Waals surface area contributed by atoms with Gasteiger partial charge in [0, 0.05) is 13.1 Å². The number of thiol groups is 1. The maximum atomic E-state index is 4.28. The average Bonchev–Trinajstić information content (AvgIpc) is 2.04. The molecule has 0 atom stereocenters. The molecule has 3 heteroatoms. The minimum Gasteiger partial charge on any atom is -0.317 e. The maximum Gasteiger partial charge on any atom is 0.0128 e. The number of rotatable bonds is 2. The predicted octanol–water partition coefficient (Wildman–Crippen LogP) is 1.15. The highest BCUT2D eigenvalue weighted by molar-refractivity contribution is 7.77. The van der Waals surface area contributed by atoms with Crippen LogP contribution < -0.4 is 5.32 Å². The van der Waals surface area contributed by atoms with Crippen molar-refractivity contribution in [1.82, 2.24) is 9.62 Å². The molecule has 0 aliphatic carbocycles. The van der Waals surface area contributed by atoms with Crippen LogP contribution in [-0.2, 0) is 0 Å². The molecule has 1 N–H and O–H groups in total. The third-order valence-corrected chi connectivity index (χ3v) is 3.39. The van der Waals surface area contributed by atoms with Crippen molar-refractivity contribution < 1.29 is 0 Å². The normalized spacial score (nSPS) is 28.8. The molecule has 2 aliphatic rings. The fourth-order valence-corrected chi connectivity index (χ4v) is 2.74. The highest BCUT2D eigenvalue weighted by Gasteiger charge is 2.27. The van der Waals surface area contributed by atoms with Gasteiger partial charge in [-0.2, -0.15) is 0 Å². The minimum absolute atomic E-state index is 0.950. The Morgan fingerprint density at radius 1 is 1.17 bits per heavy atom. The molecule has 2 heterocycles. The van der Waals surface area contributed by atoms with Crippen LogP contribution in [0.5, 0.6) is 0 Å². The van der Waals surface area contributed by atoms with E-state index >= 15 is 0 Å². The fraction of sp³-hybridized carbons (Fsp3) is 1.00. The van der Waals surface area contributed by atoms with Crippen molar-refractivity contribution >= 4 is 12.8 Å². The molecule has 0 aromatic rings. The summed E-state index contributed by atoms with van der Waals surface area (Å²) in [6.45, 7) is 4.91. The molecular weight excluding hydrogens is 168 g/mol. The van der Waals surface area contributed by atoms with Gasteiger partial charge in [0.2, 0.25) is 0 Å². The van der Waals surface area contributed by atoms with Gasteiger partial charge in [-0.05, 0) is 44.2 Å². The Bertz CT molecular complexity index is 139. The first-order valence-corrected chi connectivity index (χ1v) is 5.39. The van der Waals surface area contributed by atoms with Crippen LogP contribution in [0.25, 0.3) is 0 Å². The van der Waals surface area contributed by atoms with Crippen molar-refractivity contribution in [3.05, 3.63) is 0 Å². The van der Waals surface area contributed by atoms with Gasteiger partial charge in [-0.1, -0.05) is 12.8 Å². The fourth-order valence-electron chi connectivity index (χ4n) is 2.28. The summed E-state index contributed by atoms with van der Waals surface area (Å²) in [5.41, 5.74) is 0. The second kappa shape index (κ2) is 3.99. The zero-order valence-corrected chi connectivity index (χ0v) is 8.39. The lowest BCUT2D eigenvalue weighted by Gasteiger charge is -2.38. The molecule has 2 rings (SSSR count). The van der Waals surface area contributed by atoms with E-state index in [1.165, 1.54) is 45.4 Å². The first-order valence-electron chi connectivity index (χ1n) is 4.99. The van der Waals surface area contributed by atoms with Gasteiger partial charge in [0.25, 0.3) is 0 Å². The van der Waals surface area contributed by atoms with Crippen LogP contribution in [0, 0.1) is 11.8 Å². The zero-order valence-electron chi connectivity index (χ0n) is 7.50. The lowest BCUT2D eigenvalue weighted by Crippen LogP contribution is -2.42. The SMILES string of the molecule is SN1CC(CC2CCNCC2)C1. The van der Waals surface area contributed by atoms with Crippen LogP contribution in [0.4, 0.5) is 0 Å². The molecule has 12 heavy (non-hydrogen) atoms. The maximum absolute atomic E-state index is 4.28. The lowest BCUT2D eigenvalue weighted by molar-refractivity contribution is 0.170. The van der Waals surface area contributed by atoms with E-state index in [0.29, 0.717) is 0 Å². The molecule has 0 aromatic heterocycles. The molecule has 0 unspecified atom stereocenters. The second-order valence-corrected chi connectivity index (χ2v) is 4.73. The van der Waals surface area contributed by atoms with Crippen molar-refractivity contribution in [2.24, 2.45) is 11.8 Å². The first-order chi connectivity index (χ1) is 5.84. The highest BCUT2D eigenvalue weighted by atomic mass is 32.1. The van der Waals surface area contributed by atoms with Crippen LogP contribution in [0.2, 0.25) is 0 Å². The first kappa shape index (κ1) is 8.85. The van der Waals surface area contributed by atoms with Crippen molar-refractivity contribution in [3.8, 4) is 0 Å². The van der Waals surface area contributed by atoms with E-state index in [1.54, 1.807) is 0 Å². The van der Waals surface area contributed by atoms with Crippen molar-refractivity contribution in [2.75, 3.05) is 26.2 Å². The number of nitrogens with zero attached hydrogens (tertiary/aromatic N) is 1. The lowest BCUT2D eigenvalue weighted by atomic mass is 9.85. The second-order valence-electron chi connectivity index (χ2n) is 4.17. The van der Waals surface area contributed by atoms with E-state index in [0.717, 1.165) is 11.8 Å². The smallest absolute Gasteiger partial charge is 0.0128 e. The number of hydrogen-bond acceptors (Lipinski definition) is 3. The van der Waals surface area contributed by atoms with Crippen molar-refractivity contribution in [2.45, 2.75) is 19.3 Å². The molecule has 0 bridgehead atoms. The molecule has 2 fully saturated rings. The average molecular weight is 186 g/mol. The summed E-state index contributed by atoms with van der Waals surface area (Å²) in [7, 11) is 0. The summed E-state index contributed by atoms with van der Waals surface area (Å²) in [5.74, 6) is 1.95. The zero-order chi connectivity index (χ0) is 8.39. The number of nitrogens with one attached hydrogen (secondary N) is 1. The van der Waals surface area contributed by atoms with Gasteiger partial charge in [0.15, 0.2) is 0 Å². The van der Waals surface area contributed by atoms with E-state index in [9.17, 15) is 0 Å². The van der Waals surface area contributed by atoms with E-state index < -0.39 is 0 Å². The Balaban J connectivity index is 1.65. The summed E-state index contributed by atoms with van der Waals surface area (Å²) < 4.78 is 2.12. The van der Waals surface area contributed by atoms with Crippen LogP contribution in [-0.4, -0.2) is 30.5 Å². The van der Waals surface area contributed by atoms with Gasteiger partial charge in [-0.15, -0.1) is 0 Å². The van der Waals surface area contributed by atoms with Gasteiger partial charge in [0.1, 0.15) is 0 Å². The molecular formula is C9H18N2S. The van der Waals surface area contributed by atoms with Gasteiger partial charge < -0.3 is 5.32 Å². The van der Waals surface area contributed by atoms with Gasteiger partial charge in [0.05, 0.1) is 0 Å². The predicted molar refractivity (Wildman–Crippen MR) is 54.3 cm³/mol. The molecule has 0 radical (unpaired) electrons. The Hall–Kier alpha value is 0.270. The topological polar surface area (TPSA) is 15.3 Å². The molecule has 2 saturated heterocycles. The summed E-state index contributed by atoms with van der Waals surface area (Å²) in [6.07, 6.45) is 4.23. The Morgan fingerprint density at radius 2 is 1.83 bits per heavy atom. The Labute approximate surface area is 80.2 Å². The standard InChI is InChI=1S/C9H18N2S/c12-11-6-9(7-11)5-8-1-3-10-4-2-8/h8-10,12H,1-7H2. The van der Waals surface area contributed by atoms with Crippen LogP contribution in [0.3, 0.4) is 0 Å². The van der Waals surface area contributed by atoms with Gasteiger partial charge in [-0.3, -0.25) is 4.31 Å². The van der Waals surface area contributed by atoms with Crippen LogP contribution in [0.15, 0.2) is 0 Å². The Kier molecular flexibility index (Phi) is 2.94. The molecule has 0 amide bonds. The molecule has 0 spiro atoms. The van der Waals surface area contributed by atoms with E-state index in [2.05, 4.69) is 22.4 Å². The molecule has 70 valence electrons. The third kappa shape index (κ3) is 2.15. The monoisotopic (exact) mass is 186 g/mol. The van der Waals surface area contributed by atoms with Gasteiger partial charge in [-0.25, -0.2) is 0 Å². The summed E-state index contributed by atoms with van der Waals surface area (Å²) in [4.78, 5) is 0. The quantitative estimate of drug-likeness (QED) is 0.629. The summed E-state index contributed by atoms with van der Waals surface area (Å²) in [6, 6.07) is 0. The molecule has 0 aromatic carbocycles. The van der Waals surface area contributed by atoms with E-state index in [-0.39, 0.29) is 0 Å². The third-order valence-electron chi connectivity index (χ3n) is 3.06. The highest BCUT2D eigenvalue weighted by Crippen LogP contribution is 2.28.